The van der Waals surface area contributed by atoms with Crippen LogP contribution >= 0.6 is 0 Å². The minimum absolute atomic E-state index is 0.666. The third-order valence-electron chi connectivity index (χ3n) is 4.20. The summed E-state index contributed by atoms with van der Waals surface area (Å²) >= 11 is 0. The molecule has 1 aliphatic heterocycles. The Kier molecular flexibility index (Phi) is 4.66. The molecule has 1 saturated heterocycles. The van der Waals surface area contributed by atoms with Crippen LogP contribution in [-0.4, -0.2) is 37.1 Å². The van der Waals surface area contributed by atoms with Gasteiger partial charge in [-0.15, -0.1) is 0 Å². The third kappa shape index (κ3) is 4.06. The van der Waals surface area contributed by atoms with Crippen molar-refractivity contribution in [2.45, 2.75) is 52.0 Å². The van der Waals surface area contributed by atoms with Gasteiger partial charge in [0.2, 0.25) is 0 Å². The van der Waals surface area contributed by atoms with Crippen molar-refractivity contribution in [2.24, 2.45) is 11.8 Å². The second-order valence-electron chi connectivity index (χ2n) is 5.99. The molecular weight excluding hydrogens is 196 g/mol. The highest BCUT2D eigenvalue weighted by atomic mass is 15.1. The largest absolute Gasteiger partial charge is 0.313 e. The van der Waals surface area contributed by atoms with Gasteiger partial charge in [-0.2, -0.15) is 0 Å². The molecule has 0 spiro atoms. The van der Waals surface area contributed by atoms with E-state index in [0.29, 0.717) is 6.04 Å². The van der Waals surface area contributed by atoms with E-state index in [4.69, 9.17) is 0 Å². The monoisotopic (exact) mass is 224 g/mol. The predicted octanol–water partition coefficient (Wildman–Crippen LogP) is 2.50. The van der Waals surface area contributed by atoms with Gasteiger partial charge in [-0.3, -0.25) is 0 Å². The van der Waals surface area contributed by atoms with Crippen LogP contribution in [-0.2, 0) is 0 Å². The fraction of sp³-hybridized carbons (Fsp3) is 1.00. The Morgan fingerprint density at radius 2 is 1.81 bits per heavy atom. The highest BCUT2D eigenvalue weighted by molar-refractivity contribution is 4.81. The first-order valence-electron chi connectivity index (χ1n) is 7.21. The lowest BCUT2D eigenvalue weighted by Gasteiger charge is -2.29. The van der Waals surface area contributed by atoms with Crippen molar-refractivity contribution in [1.82, 2.24) is 10.2 Å². The van der Waals surface area contributed by atoms with Gasteiger partial charge in [0.1, 0.15) is 0 Å². The van der Waals surface area contributed by atoms with Gasteiger partial charge in [0.05, 0.1) is 0 Å². The van der Waals surface area contributed by atoms with Crippen molar-refractivity contribution >= 4 is 0 Å². The van der Waals surface area contributed by atoms with Gasteiger partial charge < -0.3 is 10.2 Å². The van der Waals surface area contributed by atoms with Gasteiger partial charge in [-0.05, 0) is 64.1 Å². The lowest BCUT2D eigenvalue weighted by molar-refractivity contribution is 0.206. The Morgan fingerprint density at radius 1 is 1.12 bits per heavy atom. The Bertz CT molecular complexity index is 195. The molecule has 16 heavy (non-hydrogen) atoms. The minimum atomic E-state index is 0.666. The van der Waals surface area contributed by atoms with E-state index in [1.165, 1.54) is 58.3 Å². The first-order chi connectivity index (χ1) is 7.75. The zero-order valence-electron chi connectivity index (χ0n) is 11.0. The van der Waals surface area contributed by atoms with E-state index < -0.39 is 0 Å². The number of hydrogen-bond acceptors (Lipinski definition) is 2. The lowest BCUT2D eigenvalue weighted by Crippen LogP contribution is -2.42. The van der Waals surface area contributed by atoms with Crippen LogP contribution in [0.2, 0.25) is 0 Å². The summed E-state index contributed by atoms with van der Waals surface area (Å²) in [7, 11) is 0. The molecule has 0 aromatic heterocycles. The number of nitrogens with zero attached hydrogens (tertiary/aromatic N) is 1. The summed E-state index contributed by atoms with van der Waals surface area (Å²) in [6.07, 6.45) is 7.21. The molecule has 1 aliphatic carbocycles. The minimum Gasteiger partial charge on any atom is -0.313 e. The van der Waals surface area contributed by atoms with Gasteiger partial charge in [-0.1, -0.05) is 13.3 Å². The first-order valence-corrected chi connectivity index (χ1v) is 7.21. The normalized spacial score (nSPS) is 26.6. The summed E-state index contributed by atoms with van der Waals surface area (Å²) in [6, 6.07) is 0.666. The van der Waals surface area contributed by atoms with Crippen LogP contribution in [0.3, 0.4) is 0 Å². The van der Waals surface area contributed by atoms with E-state index in [1.807, 2.05) is 0 Å². The second kappa shape index (κ2) is 6.02. The molecule has 2 fully saturated rings. The maximum Gasteiger partial charge on any atom is 0.0166 e. The molecule has 2 heteroatoms. The fourth-order valence-electron chi connectivity index (χ4n) is 2.81. The van der Waals surface area contributed by atoms with Crippen molar-refractivity contribution in [1.29, 1.82) is 0 Å². The quantitative estimate of drug-likeness (QED) is 0.746. The van der Waals surface area contributed by atoms with Crippen molar-refractivity contribution < 1.29 is 0 Å². The molecule has 2 nitrogen and oxygen atoms in total. The average Bonchev–Trinajstić information content (AvgIpc) is 3.11. The Labute approximate surface area is 101 Å². The number of likely N-dealkylation sites (tertiary alicyclic amines) is 1. The molecule has 1 heterocycles. The molecule has 0 aromatic rings. The molecule has 2 rings (SSSR count). The predicted molar refractivity (Wildman–Crippen MR) is 69.6 cm³/mol. The molecule has 2 atom stereocenters. The van der Waals surface area contributed by atoms with Gasteiger partial charge in [0.25, 0.3) is 0 Å². The molecule has 0 bridgehead atoms. The van der Waals surface area contributed by atoms with E-state index >= 15 is 0 Å². The summed E-state index contributed by atoms with van der Waals surface area (Å²) in [4.78, 5) is 2.63. The van der Waals surface area contributed by atoms with E-state index in [1.54, 1.807) is 0 Å². The maximum absolute atomic E-state index is 3.71. The number of piperidine rings is 1. The van der Waals surface area contributed by atoms with Crippen LogP contribution in [0.15, 0.2) is 0 Å². The summed E-state index contributed by atoms with van der Waals surface area (Å²) in [5.41, 5.74) is 0. The molecule has 0 radical (unpaired) electrons. The van der Waals surface area contributed by atoms with Crippen molar-refractivity contribution in [3.05, 3.63) is 0 Å². The van der Waals surface area contributed by atoms with E-state index in [0.717, 1.165) is 11.8 Å². The van der Waals surface area contributed by atoms with Gasteiger partial charge in [-0.25, -0.2) is 0 Å². The molecule has 0 aromatic carbocycles. The first kappa shape index (κ1) is 12.4. The summed E-state index contributed by atoms with van der Waals surface area (Å²) in [6.45, 7) is 9.86. The number of hydrogen-bond donors (Lipinski definition) is 1. The standard InChI is InChI=1S/C14H28N2/c1-12(14-6-7-14)10-15-13(2)11-16-8-4-3-5-9-16/h12-15H,3-11H2,1-2H3. The summed E-state index contributed by atoms with van der Waals surface area (Å²) in [5, 5.41) is 3.71. The van der Waals surface area contributed by atoms with Crippen molar-refractivity contribution in [3.63, 3.8) is 0 Å². The highest BCUT2D eigenvalue weighted by Crippen LogP contribution is 2.36. The van der Waals surface area contributed by atoms with E-state index in [2.05, 4.69) is 24.1 Å². The van der Waals surface area contributed by atoms with Crippen LogP contribution < -0.4 is 5.32 Å². The van der Waals surface area contributed by atoms with Crippen LogP contribution in [0, 0.1) is 11.8 Å². The summed E-state index contributed by atoms with van der Waals surface area (Å²) < 4.78 is 0. The fourth-order valence-corrected chi connectivity index (χ4v) is 2.81. The smallest absolute Gasteiger partial charge is 0.0166 e. The van der Waals surface area contributed by atoms with Gasteiger partial charge in [0.15, 0.2) is 0 Å². The molecule has 0 amide bonds. The highest BCUT2D eigenvalue weighted by Gasteiger charge is 2.27. The number of nitrogens with one attached hydrogen (secondary N) is 1. The molecule has 2 aliphatic rings. The molecule has 2 unspecified atom stereocenters. The number of rotatable bonds is 6. The lowest BCUT2D eigenvalue weighted by atomic mass is 10.1. The Morgan fingerprint density at radius 3 is 2.44 bits per heavy atom. The zero-order valence-corrected chi connectivity index (χ0v) is 11.0. The topological polar surface area (TPSA) is 15.3 Å². The zero-order chi connectivity index (χ0) is 11.4. The van der Waals surface area contributed by atoms with Crippen LogP contribution in [0.1, 0.15) is 46.0 Å². The third-order valence-corrected chi connectivity index (χ3v) is 4.20. The maximum atomic E-state index is 3.71. The second-order valence-corrected chi connectivity index (χ2v) is 5.99. The van der Waals surface area contributed by atoms with Gasteiger partial charge >= 0.3 is 0 Å². The van der Waals surface area contributed by atoms with Crippen LogP contribution in [0.25, 0.3) is 0 Å². The van der Waals surface area contributed by atoms with Crippen molar-refractivity contribution in [3.8, 4) is 0 Å². The van der Waals surface area contributed by atoms with E-state index in [9.17, 15) is 0 Å². The average molecular weight is 224 g/mol. The van der Waals surface area contributed by atoms with Gasteiger partial charge in [0, 0.05) is 12.6 Å². The van der Waals surface area contributed by atoms with E-state index in [-0.39, 0.29) is 0 Å². The SMILES string of the molecule is CC(CN1CCCCC1)NCC(C)C1CC1. The Hall–Kier alpha value is -0.0800. The Balaban J connectivity index is 1.57. The summed E-state index contributed by atoms with van der Waals surface area (Å²) in [5.74, 6) is 1.93. The van der Waals surface area contributed by atoms with Crippen molar-refractivity contribution in [2.75, 3.05) is 26.2 Å². The molecule has 1 saturated carbocycles. The molecule has 94 valence electrons. The van der Waals surface area contributed by atoms with Crippen LogP contribution in [0.4, 0.5) is 0 Å². The molecule has 1 N–H and O–H groups in total. The molecular formula is C14H28N2. The van der Waals surface area contributed by atoms with Crippen LogP contribution in [0.5, 0.6) is 0 Å².